The van der Waals surface area contributed by atoms with Crippen LogP contribution in [0.4, 0.5) is 5.69 Å². The smallest absolute Gasteiger partial charge is 0.125 e. The van der Waals surface area contributed by atoms with Gasteiger partial charge in [-0.1, -0.05) is 11.6 Å². The van der Waals surface area contributed by atoms with Crippen molar-refractivity contribution in [1.82, 2.24) is 0 Å². The lowest BCUT2D eigenvalue weighted by Gasteiger charge is -2.13. The minimum absolute atomic E-state index is 0.0737. The Bertz CT molecular complexity index is 435. The summed E-state index contributed by atoms with van der Waals surface area (Å²) in [4.78, 5) is 0. The predicted molar refractivity (Wildman–Crippen MR) is 67.2 cm³/mol. The van der Waals surface area contributed by atoms with E-state index in [1.54, 1.807) is 31.2 Å². The van der Waals surface area contributed by atoms with Gasteiger partial charge in [-0.05, 0) is 39.0 Å². The number of anilines is 1. The second-order valence-corrected chi connectivity index (χ2v) is 3.79. The Morgan fingerprint density at radius 2 is 1.94 bits per heavy atom. The van der Waals surface area contributed by atoms with Gasteiger partial charge in [0.05, 0.1) is 5.56 Å². The molecule has 1 aromatic rings. The third-order valence-corrected chi connectivity index (χ3v) is 2.35. The number of hydrogen-bond donors (Lipinski definition) is 3. The van der Waals surface area contributed by atoms with Crippen molar-refractivity contribution in [3.8, 4) is 5.75 Å². The van der Waals surface area contributed by atoms with Crippen LogP contribution in [-0.2, 0) is 0 Å². The van der Waals surface area contributed by atoms with E-state index in [1.807, 2.05) is 13.8 Å². The molecule has 0 spiro atoms. The van der Waals surface area contributed by atoms with Crippen LogP contribution >= 0.6 is 0 Å². The third-order valence-electron chi connectivity index (χ3n) is 2.35. The number of nitrogens with two attached hydrogens (primary N) is 1. The van der Waals surface area contributed by atoms with Gasteiger partial charge in [0, 0.05) is 11.3 Å². The highest BCUT2D eigenvalue weighted by atomic mass is 16.3. The van der Waals surface area contributed by atoms with E-state index in [0.717, 1.165) is 5.57 Å². The van der Waals surface area contributed by atoms with E-state index in [1.165, 1.54) is 0 Å². The molecule has 1 aromatic carbocycles. The molecule has 0 aliphatic carbocycles. The Hall–Kier alpha value is -1.90. The molecular weight excluding hydrogens is 202 g/mol. The molecule has 0 saturated heterocycles. The van der Waals surface area contributed by atoms with E-state index >= 15 is 0 Å². The van der Waals surface area contributed by atoms with E-state index in [9.17, 15) is 10.2 Å². The van der Waals surface area contributed by atoms with Crippen molar-refractivity contribution < 1.29 is 10.2 Å². The number of nitrogen functional groups attached to an aromatic ring is 1. The maximum Gasteiger partial charge on any atom is 0.125 e. The first-order valence-corrected chi connectivity index (χ1v) is 5.10. The van der Waals surface area contributed by atoms with Crippen molar-refractivity contribution in [2.24, 2.45) is 0 Å². The fourth-order valence-corrected chi connectivity index (χ4v) is 1.61. The zero-order valence-corrected chi connectivity index (χ0v) is 9.78. The molecule has 0 saturated carbocycles. The van der Waals surface area contributed by atoms with Gasteiger partial charge < -0.3 is 15.9 Å². The van der Waals surface area contributed by atoms with Crippen LogP contribution in [-0.4, -0.2) is 10.2 Å². The Kier molecular flexibility index (Phi) is 3.61. The van der Waals surface area contributed by atoms with Crippen molar-refractivity contribution in [1.29, 1.82) is 0 Å². The average molecular weight is 219 g/mol. The van der Waals surface area contributed by atoms with Gasteiger partial charge in [-0.2, -0.15) is 0 Å². The summed E-state index contributed by atoms with van der Waals surface area (Å²) in [6, 6.07) is 4.92. The molecule has 1 rings (SSSR count). The topological polar surface area (TPSA) is 66.5 Å². The van der Waals surface area contributed by atoms with Crippen molar-refractivity contribution in [3.05, 3.63) is 41.2 Å². The molecule has 16 heavy (non-hydrogen) atoms. The number of benzene rings is 1. The second kappa shape index (κ2) is 4.75. The molecule has 0 aliphatic heterocycles. The summed E-state index contributed by atoms with van der Waals surface area (Å²) in [5.74, 6) is 0.192. The zero-order chi connectivity index (χ0) is 12.3. The normalized spacial score (nSPS) is 11.3. The van der Waals surface area contributed by atoms with Gasteiger partial charge in [-0.15, -0.1) is 0 Å². The summed E-state index contributed by atoms with van der Waals surface area (Å²) in [7, 11) is 0. The molecule has 0 fully saturated rings. The zero-order valence-electron chi connectivity index (χ0n) is 9.78. The fourth-order valence-electron chi connectivity index (χ4n) is 1.61. The highest BCUT2D eigenvalue weighted by Crippen LogP contribution is 2.35. The van der Waals surface area contributed by atoms with Crippen molar-refractivity contribution >= 4 is 11.3 Å². The first kappa shape index (κ1) is 12.2. The quantitative estimate of drug-likeness (QED) is 0.406. The molecule has 0 unspecified atom stereocenters. The van der Waals surface area contributed by atoms with Crippen LogP contribution in [0, 0.1) is 0 Å². The van der Waals surface area contributed by atoms with Gasteiger partial charge in [0.1, 0.15) is 11.5 Å². The summed E-state index contributed by atoms with van der Waals surface area (Å²) >= 11 is 0. The molecule has 0 aliphatic rings. The molecule has 0 bridgehead atoms. The van der Waals surface area contributed by atoms with E-state index in [4.69, 9.17) is 5.73 Å². The lowest BCUT2D eigenvalue weighted by molar-refractivity contribution is 0.433. The summed E-state index contributed by atoms with van der Waals surface area (Å²) in [6.07, 6.45) is 1.58. The van der Waals surface area contributed by atoms with E-state index < -0.39 is 0 Å². The number of aromatic hydroxyl groups is 1. The molecule has 86 valence electrons. The number of phenols is 1. The van der Waals surface area contributed by atoms with Crippen molar-refractivity contribution in [3.63, 3.8) is 0 Å². The first-order valence-electron chi connectivity index (χ1n) is 5.10. The number of hydrogen-bond acceptors (Lipinski definition) is 3. The second-order valence-electron chi connectivity index (χ2n) is 3.79. The maximum absolute atomic E-state index is 9.83. The molecular formula is C13H17NO2. The van der Waals surface area contributed by atoms with Crippen LogP contribution in [0.25, 0.3) is 5.57 Å². The standard InChI is InChI=1S/C13H17NO2/c1-4-10(15)12(8(2)3)13-9(14)6-5-7-11(13)16/h4-7,15-16H,14H2,1-3H3/b10-4+. The third kappa shape index (κ3) is 2.19. The molecule has 0 amide bonds. The summed E-state index contributed by atoms with van der Waals surface area (Å²) in [5.41, 5.74) is 8.23. The molecule has 3 heteroatoms. The lowest BCUT2D eigenvalue weighted by Crippen LogP contribution is -1.98. The van der Waals surface area contributed by atoms with Gasteiger partial charge >= 0.3 is 0 Å². The Labute approximate surface area is 95.5 Å². The van der Waals surface area contributed by atoms with E-state index in [0.29, 0.717) is 16.8 Å². The maximum atomic E-state index is 9.83. The van der Waals surface area contributed by atoms with E-state index in [-0.39, 0.29) is 11.5 Å². The van der Waals surface area contributed by atoms with Crippen LogP contribution in [0.3, 0.4) is 0 Å². The molecule has 3 nitrogen and oxygen atoms in total. The van der Waals surface area contributed by atoms with Crippen LogP contribution in [0.1, 0.15) is 26.3 Å². The molecule has 0 aromatic heterocycles. The predicted octanol–water partition coefficient (Wildman–Crippen LogP) is 3.23. The summed E-state index contributed by atoms with van der Waals surface area (Å²) in [5, 5.41) is 19.6. The van der Waals surface area contributed by atoms with E-state index in [2.05, 4.69) is 0 Å². The van der Waals surface area contributed by atoms with Crippen LogP contribution < -0.4 is 5.73 Å². The average Bonchev–Trinajstić information content (AvgIpc) is 2.22. The Morgan fingerprint density at radius 1 is 1.31 bits per heavy atom. The Morgan fingerprint density at radius 3 is 2.38 bits per heavy atom. The fraction of sp³-hybridized carbons (Fsp3) is 0.231. The lowest BCUT2D eigenvalue weighted by atomic mass is 9.97. The number of rotatable bonds is 2. The SMILES string of the molecule is C/C=C(/O)C(=C(C)C)c1c(N)cccc1O. The molecule has 4 N–H and O–H groups in total. The number of phenolic OH excluding ortho intramolecular Hbond substituents is 1. The highest BCUT2D eigenvalue weighted by molar-refractivity contribution is 5.87. The minimum Gasteiger partial charge on any atom is -0.508 e. The van der Waals surface area contributed by atoms with Crippen LogP contribution in [0.5, 0.6) is 5.75 Å². The first-order chi connectivity index (χ1) is 7.49. The van der Waals surface area contributed by atoms with Crippen molar-refractivity contribution in [2.75, 3.05) is 5.73 Å². The number of aliphatic hydroxyl groups excluding tert-OH is 1. The largest absolute Gasteiger partial charge is 0.508 e. The van der Waals surface area contributed by atoms with Gasteiger partial charge in [-0.3, -0.25) is 0 Å². The monoisotopic (exact) mass is 219 g/mol. The van der Waals surface area contributed by atoms with Gasteiger partial charge in [0.15, 0.2) is 0 Å². The van der Waals surface area contributed by atoms with Crippen molar-refractivity contribution in [2.45, 2.75) is 20.8 Å². The van der Waals surface area contributed by atoms with Gasteiger partial charge in [0.25, 0.3) is 0 Å². The van der Waals surface area contributed by atoms with Gasteiger partial charge in [0.2, 0.25) is 0 Å². The molecule has 0 heterocycles. The highest BCUT2D eigenvalue weighted by Gasteiger charge is 2.15. The number of allylic oxidation sites excluding steroid dienone is 3. The minimum atomic E-state index is 0.0737. The summed E-state index contributed by atoms with van der Waals surface area (Å²) in [6.45, 7) is 5.45. The van der Waals surface area contributed by atoms with Crippen LogP contribution in [0.15, 0.2) is 35.6 Å². The Balaban J connectivity index is 3.52. The molecule has 0 radical (unpaired) electrons. The number of aliphatic hydroxyl groups is 1. The molecule has 0 atom stereocenters. The van der Waals surface area contributed by atoms with Crippen LogP contribution in [0.2, 0.25) is 0 Å². The summed E-state index contributed by atoms with van der Waals surface area (Å²) < 4.78 is 0. The van der Waals surface area contributed by atoms with Gasteiger partial charge in [-0.25, -0.2) is 0 Å².